The van der Waals surface area contributed by atoms with Crippen molar-refractivity contribution in [3.8, 4) is 0 Å². The summed E-state index contributed by atoms with van der Waals surface area (Å²) >= 11 is 11.1. The second-order valence-corrected chi connectivity index (χ2v) is 8.84. The molecular weight excluding hydrogens is 498 g/mol. The molecule has 2 aromatic carbocycles. The van der Waals surface area contributed by atoms with Crippen molar-refractivity contribution in [1.82, 2.24) is 4.98 Å². The summed E-state index contributed by atoms with van der Waals surface area (Å²) in [7, 11) is 0. The van der Waals surface area contributed by atoms with Crippen LogP contribution < -0.4 is 34.7 Å². The molecule has 0 saturated heterocycles. The third-order valence-electron chi connectivity index (χ3n) is 5.33. The smallest absolute Gasteiger partial charge is 0.872 e. The van der Waals surface area contributed by atoms with E-state index in [2.05, 4.69) is 18.5 Å². The van der Waals surface area contributed by atoms with Gasteiger partial charge in [0.25, 0.3) is 0 Å². The zero-order valence-corrected chi connectivity index (χ0v) is 24.1. The number of pyridine rings is 1. The fourth-order valence-electron chi connectivity index (χ4n) is 3.47. The van der Waals surface area contributed by atoms with Gasteiger partial charge in [0, 0.05) is 16.9 Å². The minimum atomic E-state index is -0.364. The third kappa shape index (κ3) is 10.4. The SMILES string of the molecule is C=C([O-])c1cc(F)cc(C2=C(C)CCC2)c1.CCc1ccc(Cl)cc1F.Cc1ccc(Cl)cn1.[Na+]. The number of benzene rings is 2. The summed E-state index contributed by atoms with van der Waals surface area (Å²) in [6, 6.07) is 12.9. The molecule has 35 heavy (non-hydrogen) atoms. The summed E-state index contributed by atoms with van der Waals surface area (Å²) in [5, 5.41) is 12.3. The summed E-state index contributed by atoms with van der Waals surface area (Å²) in [6.07, 6.45) is 5.50. The van der Waals surface area contributed by atoms with E-state index in [1.807, 2.05) is 26.0 Å². The van der Waals surface area contributed by atoms with E-state index < -0.39 is 0 Å². The molecule has 1 heterocycles. The molecule has 0 atom stereocenters. The minimum absolute atomic E-state index is 0. The van der Waals surface area contributed by atoms with Crippen LogP contribution in [0.25, 0.3) is 11.3 Å². The second kappa shape index (κ2) is 15.4. The normalized spacial score (nSPS) is 12.1. The van der Waals surface area contributed by atoms with Crippen LogP contribution in [0.5, 0.6) is 0 Å². The standard InChI is InChI=1S/C14H15FO.C8H8ClF.C6H6ClN.Na/c1-9-4-3-5-14(9)12-6-11(10(2)16)7-13(15)8-12;1-2-6-3-4-7(9)5-8(6)10;1-5-2-3-6(7)4-8-5;/h6-8,16H,2-5H2,1H3;3-5H,2H2,1H3;2-4H,1H3;/q;;;+1/p-1. The molecule has 0 saturated carbocycles. The zero-order valence-electron chi connectivity index (χ0n) is 20.6. The van der Waals surface area contributed by atoms with Crippen LogP contribution in [0.2, 0.25) is 10.0 Å². The van der Waals surface area contributed by atoms with Crippen molar-refractivity contribution in [1.29, 1.82) is 0 Å². The van der Waals surface area contributed by atoms with Crippen LogP contribution in [0.3, 0.4) is 0 Å². The van der Waals surface area contributed by atoms with E-state index in [4.69, 9.17) is 23.2 Å². The molecule has 4 rings (SSSR count). The number of aryl methyl sites for hydroxylation is 2. The van der Waals surface area contributed by atoms with E-state index in [0.29, 0.717) is 27.6 Å². The van der Waals surface area contributed by atoms with Gasteiger partial charge in [-0.25, -0.2) is 8.78 Å². The Kier molecular flexibility index (Phi) is 13.8. The van der Waals surface area contributed by atoms with Crippen molar-refractivity contribution in [2.24, 2.45) is 0 Å². The van der Waals surface area contributed by atoms with Gasteiger partial charge in [-0.15, -0.1) is 12.3 Å². The fraction of sp³-hybridized carbons (Fsp3) is 0.250. The topological polar surface area (TPSA) is 36.0 Å². The predicted octanol–water partition coefficient (Wildman–Crippen LogP) is 5.20. The van der Waals surface area contributed by atoms with E-state index in [1.54, 1.807) is 24.4 Å². The molecule has 0 radical (unpaired) electrons. The Balaban J connectivity index is 0.000000278. The summed E-state index contributed by atoms with van der Waals surface area (Å²) in [5.74, 6) is -0.913. The molecule has 0 spiro atoms. The zero-order chi connectivity index (χ0) is 25.3. The monoisotopic (exact) mass is 525 g/mol. The Labute approximate surface area is 239 Å². The van der Waals surface area contributed by atoms with Gasteiger partial charge < -0.3 is 5.11 Å². The average Bonchev–Trinajstić information content (AvgIpc) is 3.22. The number of rotatable bonds is 3. The van der Waals surface area contributed by atoms with E-state index in [9.17, 15) is 13.9 Å². The van der Waals surface area contributed by atoms with Gasteiger partial charge in [-0.05, 0) is 104 Å². The van der Waals surface area contributed by atoms with Gasteiger partial charge in [-0.2, -0.15) is 0 Å². The Morgan fingerprint density at radius 1 is 1.00 bits per heavy atom. The van der Waals surface area contributed by atoms with Gasteiger partial charge >= 0.3 is 29.6 Å². The Morgan fingerprint density at radius 3 is 2.17 bits per heavy atom. The molecule has 1 aromatic heterocycles. The van der Waals surface area contributed by atoms with E-state index in [1.165, 1.54) is 29.3 Å². The van der Waals surface area contributed by atoms with Gasteiger partial charge in [0.1, 0.15) is 11.6 Å². The van der Waals surface area contributed by atoms with E-state index in [-0.39, 0.29) is 47.0 Å². The van der Waals surface area contributed by atoms with Crippen LogP contribution in [0, 0.1) is 18.6 Å². The molecule has 1 aliphatic carbocycles. The number of hydrogen-bond acceptors (Lipinski definition) is 2. The fourth-order valence-corrected chi connectivity index (χ4v) is 3.74. The molecule has 180 valence electrons. The number of aromatic nitrogens is 1. The maximum absolute atomic E-state index is 13.4. The van der Waals surface area contributed by atoms with Gasteiger partial charge in [0.15, 0.2) is 0 Å². The van der Waals surface area contributed by atoms with Gasteiger partial charge in [-0.3, -0.25) is 4.98 Å². The predicted molar refractivity (Wildman–Crippen MR) is 137 cm³/mol. The van der Waals surface area contributed by atoms with Crippen LogP contribution in [0.4, 0.5) is 8.78 Å². The number of allylic oxidation sites excluding steroid dienone is 2. The van der Waals surface area contributed by atoms with Crippen LogP contribution >= 0.6 is 23.2 Å². The minimum Gasteiger partial charge on any atom is -0.872 e. The molecule has 0 bridgehead atoms. The van der Waals surface area contributed by atoms with E-state index in [0.717, 1.165) is 30.5 Å². The van der Waals surface area contributed by atoms with Crippen molar-refractivity contribution < 1.29 is 43.4 Å². The molecule has 3 aromatic rings. The van der Waals surface area contributed by atoms with Crippen LogP contribution in [-0.4, -0.2) is 4.98 Å². The first-order valence-corrected chi connectivity index (χ1v) is 11.7. The van der Waals surface area contributed by atoms with Crippen molar-refractivity contribution >= 4 is 34.5 Å². The molecule has 0 aliphatic heterocycles. The molecule has 7 heteroatoms. The van der Waals surface area contributed by atoms with Crippen LogP contribution in [0.15, 0.2) is 66.9 Å². The van der Waals surface area contributed by atoms with Crippen LogP contribution in [-0.2, 0) is 6.42 Å². The molecule has 2 nitrogen and oxygen atoms in total. The second-order valence-electron chi connectivity index (χ2n) is 7.97. The first-order chi connectivity index (χ1) is 16.1. The van der Waals surface area contributed by atoms with E-state index >= 15 is 0 Å². The number of nitrogens with zero attached hydrogens (tertiary/aromatic N) is 1. The Morgan fingerprint density at radius 2 is 1.69 bits per heavy atom. The Bertz CT molecular complexity index is 1140. The third-order valence-corrected chi connectivity index (χ3v) is 5.79. The summed E-state index contributed by atoms with van der Waals surface area (Å²) in [5.41, 5.74) is 5.37. The van der Waals surface area contributed by atoms with Gasteiger partial charge in [0.2, 0.25) is 0 Å². The summed E-state index contributed by atoms with van der Waals surface area (Å²) in [6.45, 7) is 9.22. The average molecular weight is 526 g/mol. The maximum Gasteiger partial charge on any atom is 1.00 e. The van der Waals surface area contributed by atoms with Crippen molar-refractivity contribution in [2.45, 2.75) is 46.5 Å². The Hall–Kier alpha value is -1.69. The van der Waals surface area contributed by atoms with Crippen LogP contribution in [0.1, 0.15) is 55.5 Å². The quantitative estimate of drug-likeness (QED) is 0.348. The molecule has 1 aliphatic rings. The molecule has 0 N–H and O–H groups in total. The molecule has 0 unspecified atom stereocenters. The van der Waals surface area contributed by atoms with Gasteiger partial charge in [-0.1, -0.05) is 41.8 Å². The number of hydrogen-bond donors (Lipinski definition) is 0. The van der Waals surface area contributed by atoms with Crippen molar-refractivity contribution in [2.75, 3.05) is 0 Å². The first kappa shape index (κ1) is 31.3. The van der Waals surface area contributed by atoms with Gasteiger partial charge in [0.05, 0.1) is 5.02 Å². The largest absolute Gasteiger partial charge is 1.00 e. The molecular formula is C28H28Cl2F2NNaO. The van der Waals surface area contributed by atoms with Crippen molar-refractivity contribution in [3.05, 3.63) is 111 Å². The summed E-state index contributed by atoms with van der Waals surface area (Å²) in [4.78, 5) is 3.95. The van der Waals surface area contributed by atoms with Crippen molar-refractivity contribution in [3.63, 3.8) is 0 Å². The number of halogens is 4. The maximum atomic E-state index is 13.4. The molecule has 0 amide bonds. The molecule has 0 fully saturated rings. The summed E-state index contributed by atoms with van der Waals surface area (Å²) < 4.78 is 26.1. The first-order valence-electron chi connectivity index (χ1n) is 11.0.